The summed E-state index contributed by atoms with van der Waals surface area (Å²) in [6.07, 6.45) is 3.88. The maximum Gasteiger partial charge on any atom is 0.0351 e. The van der Waals surface area contributed by atoms with Gasteiger partial charge in [-0.3, -0.25) is 4.90 Å². The Hall–Kier alpha value is 0.540. The lowest BCUT2D eigenvalue weighted by atomic mass is 10.0. The van der Waals surface area contributed by atoms with Gasteiger partial charge in [-0.25, -0.2) is 0 Å². The van der Waals surface area contributed by atoms with E-state index in [0.29, 0.717) is 17.8 Å². The first kappa shape index (κ1) is 15.5. The molecule has 0 N–H and O–H groups in total. The molecule has 0 aliphatic rings. The summed E-state index contributed by atoms with van der Waals surface area (Å²) in [5, 5.41) is 0. The summed E-state index contributed by atoms with van der Waals surface area (Å²) in [7, 11) is 0. The lowest BCUT2D eigenvalue weighted by Crippen LogP contribution is -2.36. The summed E-state index contributed by atoms with van der Waals surface area (Å²) in [5.41, 5.74) is 0. The molecule has 0 spiro atoms. The molecule has 15 heavy (non-hydrogen) atoms. The molecule has 0 aliphatic carbocycles. The molecule has 0 unspecified atom stereocenters. The predicted octanol–water partition coefficient (Wildman–Crippen LogP) is 3.98. The molecule has 0 radical (unpaired) electrons. The van der Waals surface area contributed by atoms with E-state index in [1.807, 2.05) is 0 Å². The molecule has 0 saturated heterocycles. The minimum atomic E-state index is 0.612. The van der Waals surface area contributed by atoms with Gasteiger partial charge in [0, 0.05) is 30.9 Å². The molecule has 0 saturated carbocycles. The van der Waals surface area contributed by atoms with Gasteiger partial charge in [-0.05, 0) is 19.3 Å². The molecule has 0 rings (SSSR count). The highest BCUT2D eigenvalue weighted by molar-refractivity contribution is 6.18. The van der Waals surface area contributed by atoms with Crippen molar-refractivity contribution < 1.29 is 0 Å². The fraction of sp³-hybridized carbons (Fsp3) is 1.00. The van der Waals surface area contributed by atoms with Crippen LogP contribution in [-0.4, -0.2) is 35.8 Å². The Morgan fingerprint density at radius 3 is 1.87 bits per heavy atom. The highest BCUT2D eigenvalue weighted by Crippen LogP contribution is 2.12. The van der Waals surface area contributed by atoms with E-state index in [4.69, 9.17) is 23.2 Å². The minimum Gasteiger partial charge on any atom is -0.298 e. The molecule has 0 aliphatic heterocycles. The van der Waals surface area contributed by atoms with Crippen LogP contribution >= 0.6 is 23.2 Å². The van der Waals surface area contributed by atoms with E-state index in [2.05, 4.69) is 25.7 Å². The number of nitrogens with zero attached hydrogens (tertiary/aromatic N) is 1. The first-order chi connectivity index (χ1) is 7.11. The number of alkyl halides is 2. The molecule has 92 valence electrons. The maximum absolute atomic E-state index is 5.78. The number of halogens is 2. The van der Waals surface area contributed by atoms with Crippen LogP contribution in [0.4, 0.5) is 0 Å². The number of hydrogen-bond acceptors (Lipinski definition) is 1. The quantitative estimate of drug-likeness (QED) is 0.562. The van der Waals surface area contributed by atoms with Crippen LogP contribution in [0.5, 0.6) is 0 Å². The van der Waals surface area contributed by atoms with Crippen molar-refractivity contribution in [3.63, 3.8) is 0 Å². The molecule has 0 fully saturated rings. The van der Waals surface area contributed by atoms with Crippen LogP contribution in [0, 0.1) is 5.92 Å². The highest BCUT2D eigenvalue weighted by Gasteiger charge is 2.12. The van der Waals surface area contributed by atoms with E-state index in [0.717, 1.165) is 19.0 Å². The molecule has 1 nitrogen and oxygen atoms in total. The fourth-order valence-corrected chi connectivity index (χ4v) is 2.21. The van der Waals surface area contributed by atoms with Crippen LogP contribution in [0.1, 0.15) is 40.0 Å². The van der Waals surface area contributed by atoms with E-state index in [-0.39, 0.29) is 0 Å². The lowest BCUT2D eigenvalue weighted by Gasteiger charge is -2.27. The predicted molar refractivity (Wildman–Crippen MR) is 71.2 cm³/mol. The zero-order chi connectivity index (χ0) is 11.7. The Morgan fingerprint density at radius 1 is 0.933 bits per heavy atom. The molecule has 0 aromatic heterocycles. The van der Waals surface area contributed by atoms with E-state index in [9.17, 15) is 0 Å². The maximum atomic E-state index is 5.78. The molecule has 0 aromatic carbocycles. The highest BCUT2D eigenvalue weighted by atomic mass is 35.5. The van der Waals surface area contributed by atoms with Gasteiger partial charge in [-0.2, -0.15) is 0 Å². The molecule has 0 amide bonds. The lowest BCUT2D eigenvalue weighted by molar-refractivity contribution is 0.218. The third kappa shape index (κ3) is 8.36. The molecule has 0 aromatic rings. The van der Waals surface area contributed by atoms with Crippen molar-refractivity contribution in [1.29, 1.82) is 0 Å². The second kappa shape index (κ2) is 9.74. The van der Waals surface area contributed by atoms with Gasteiger partial charge < -0.3 is 0 Å². The van der Waals surface area contributed by atoms with Crippen molar-refractivity contribution in [3.8, 4) is 0 Å². The Kier molecular flexibility index (Phi) is 10.1. The van der Waals surface area contributed by atoms with Crippen molar-refractivity contribution in [2.75, 3.05) is 24.8 Å². The summed E-state index contributed by atoms with van der Waals surface area (Å²) < 4.78 is 0. The first-order valence-electron chi connectivity index (χ1n) is 5.97. The van der Waals surface area contributed by atoms with E-state index < -0.39 is 0 Å². The van der Waals surface area contributed by atoms with Crippen LogP contribution in [0.2, 0.25) is 0 Å². The molecule has 0 heterocycles. The molecule has 0 bridgehead atoms. The van der Waals surface area contributed by atoms with Crippen molar-refractivity contribution >= 4 is 23.2 Å². The molecular formula is C12H25Cl2N. The van der Waals surface area contributed by atoms with Gasteiger partial charge in [0.25, 0.3) is 0 Å². The average Bonchev–Trinajstić information content (AvgIpc) is 2.16. The zero-order valence-electron chi connectivity index (χ0n) is 10.3. The van der Waals surface area contributed by atoms with Crippen molar-refractivity contribution in [1.82, 2.24) is 4.90 Å². The Labute approximate surface area is 105 Å². The normalized spacial score (nSPS) is 13.8. The van der Waals surface area contributed by atoms with E-state index in [1.54, 1.807) is 0 Å². The smallest absolute Gasteiger partial charge is 0.0351 e. The number of hydrogen-bond donors (Lipinski definition) is 0. The minimum absolute atomic E-state index is 0.612. The molecule has 3 heteroatoms. The van der Waals surface area contributed by atoms with Gasteiger partial charge in [0.1, 0.15) is 0 Å². The van der Waals surface area contributed by atoms with Gasteiger partial charge in [-0.1, -0.05) is 26.7 Å². The monoisotopic (exact) mass is 253 g/mol. The van der Waals surface area contributed by atoms with Crippen molar-refractivity contribution in [2.45, 2.75) is 46.1 Å². The molecule has 1 atom stereocenters. The van der Waals surface area contributed by atoms with Gasteiger partial charge in [0.2, 0.25) is 0 Å². The summed E-state index contributed by atoms with van der Waals surface area (Å²) >= 11 is 11.6. The third-order valence-corrected chi connectivity index (χ3v) is 3.11. The Morgan fingerprint density at radius 2 is 1.47 bits per heavy atom. The average molecular weight is 254 g/mol. The summed E-state index contributed by atoms with van der Waals surface area (Å²) in [6, 6.07) is 0.612. The first-order valence-corrected chi connectivity index (χ1v) is 7.04. The third-order valence-electron chi connectivity index (χ3n) is 2.77. The van der Waals surface area contributed by atoms with E-state index >= 15 is 0 Å². The van der Waals surface area contributed by atoms with Crippen molar-refractivity contribution in [2.24, 2.45) is 5.92 Å². The zero-order valence-corrected chi connectivity index (χ0v) is 11.8. The standard InChI is InChI=1S/C12H25Cl2N/c1-11(2)5-4-6-12(3)15(9-7-13)10-8-14/h11-12H,4-10H2,1-3H3/t12-/m1/s1. The van der Waals surface area contributed by atoms with Crippen LogP contribution in [0.15, 0.2) is 0 Å². The Balaban J connectivity index is 3.74. The summed E-state index contributed by atoms with van der Waals surface area (Å²) in [6.45, 7) is 8.74. The second-order valence-corrected chi connectivity index (χ2v) is 5.34. The van der Waals surface area contributed by atoms with Crippen LogP contribution in [0.25, 0.3) is 0 Å². The summed E-state index contributed by atoms with van der Waals surface area (Å²) in [4.78, 5) is 2.39. The van der Waals surface area contributed by atoms with Crippen LogP contribution in [0.3, 0.4) is 0 Å². The topological polar surface area (TPSA) is 3.24 Å². The fourth-order valence-electron chi connectivity index (χ4n) is 1.77. The second-order valence-electron chi connectivity index (χ2n) is 4.59. The van der Waals surface area contributed by atoms with Crippen LogP contribution < -0.4 is 0 Å². The van der Waals surface area contributed by atoms with Crippen LogP contribution in [-0.2, 0) is 0 Å². The van der Waals surface area contributed by atoms with Gasteiger partial charge in [-0.15, -0.1) is 23.2 Å². The van der Waals surface area contributed by atoms with Gasteiger partial charge in [0.05, 0.1) is 0 Å². The van der Waals surface area contributed by atoms with Gasteiger partial charge >= 0.3 is 0 Å². The molecular weight excluding hydrogens is 229 g/mol. The Bertz CT molecular complexity index is 134. The van der Waals surface area contributed by atoms with E-state index in [1.165, 1.54) is 19.3 Å². The van der Waals surface area contributed by atoms with Crippen molar-refractivity contribution in [3.05, 3.63) is 0 Å². The SMILES string of the molecule is CC(C)CCC[C@@H](C)N(CCCl)CCCl. The van der Waals surface area contributed by atoms with Gasteiger partial charge in [0.15, 0.2) is 0 Å². The summed E-state index contributed by atoms with van der Waals surface area (Å²) in [5.74, 6) is 2.21. The largest absolute Gasteiger partial charge is 0.298 e. The number of rotatable bonds is 9.